The zero-order valence-corrected chi connectivity index (χ0v) is 9.34. The lowest BCUT2D eigenvalue weighted by Crippen LogP contribution is -2.51. The van der Waals surface area contributed by atoms with E-state index in [4.69, 9.17) is 10.5 Å². The van der Waals surface area contributed by atoms with Crippen LogP contribution in [0.5, 0.6) is 0 Å². The minimum Gasteiger partial charge on any atom is -0.461 e. The zero-order chi connectivity index (χ0) is 10.7. The Morgan fingerprint density at radius 3 is 2.27 bits per heavy atom. The molecule has 0 aliphatic heterocycles. The second-order valence-electron chi connectivity index (χ2n) is 5.03. The monoisotopic (exact) mass is 211 g/mol. The smallest absolute Gasteiger partial charge is 0.326 e. The number of carbonyl (C=O) groups is 1. The van der Waals surface area contributed by atoms with Crippen LogP contribution in [0.2, 0.25) is 0 Å². The first-order valence-corrected chi connectivity index (χ1v) is 6.21. The van der Waals surface area contributed by atoms with Crippen LogP contribution >= 0.6 is 0 Å². The average Bonchev–Trinajstić information content (AvgIpc) is 2.71. The Kier molecular flexibility index (Phi) is 3.29. The van der Waals surface area contributed by atoms with Crippen molar-refractivity contribution < 1.29 is 9.53 Å². The van der Waals surface area contributed by atoms with Crippen LogP contribution in [-0.4, -0.2) is 17.6 Å². The van der Waals surface area contributed by atoms with Crippen molar-refractivity contribution in [3.63, 3.8) is 0 Å². The Hall–Kier alpha value is -0.570. The lowest BCUT2D eigenvalue weighted by atomic mass is 9.82. The van der Waals surface area contributed by atoms with Gasteiger partial charge in [0.25, 0.3) is 0 Å². The molecule has 2 fully saturated rings. The van der Waals surface area contributed by atoms with Crippen LogP contribution in [0.3, 0.4) is 0 Å². The molecule has 86 valence electrons. The number of carbonyl (C=O) groups excluding carboxylic acids is 1. The molecule has 3 heteroatoms. The topological polar surface area (TPSA) is 52.3 Å². The first kappa shape index (κ1) is 10.9. The van der Waals surface area contributed by atoms with Gasteiger partial charge in [-0.05, 0) is 38.5 Å². The Morgan fingerprint density at radius 2 is 1.67 bits per heavy atom. The van der Waals surface area contributed by atoms with Crippen LogP contribution < -0.4 is 5.73 Å². The molecular weight excluding hydrogens is 190 g/mol. The van der Waals surface area contributed by atoms with Crippen molar-refractivity contribution in [3.8, 4) is 0 Å². The zero-order valence-electron chi connectivity index (χ0n) is 9.34. The van der Waals surface area contributed by atoms with Gasteiger partial charge in [0.05, 0.1) is 0 Å². The minimum absolute atomic E-state index is 0.144. The Labute approximate surface area is 91.4 Å². The van der Waals surface area contributed by atoms with E-state index in [2.05, 4.69) is 0 Å². The van der Waals surface area contributed by atoms with Crippen LogP contribution in [0.1, 0.15) is 57.8 Å². The lowest BCUT2D eigenvalue weighted by Gasteiger charge is -2.31. The van der Waals surface area contributed by atoms with Gasteiger partial charge in [0.2, 0.25) is 0 Å². The molecule has 2 rings (SSSR count). The second-order valence-corrected chi connectivity index (χ2v) is 5.03. The van der Waals surface area contributed by atoms with E-state index < -0.39 is 5.54 Å². The highest BCUT2D eigenvalue weighted by Crippen LogP contribution is 2.29. The predicted octanol–water partition coefficient (Wildman–Crippen LogP) is 2.13. The lowest BCUT2D eigenvalue weighted by molar-refractivity contribution is -0.156. The summed E-state index contributed by atoms with van der Waals surface area (Å²) in [6, 6.07) is 0. The quantitative estimate of drug-likeness (QED) is 0.712. The van der Waals surface area contributed by atoms with Gasteiger partial charge in [-0.15, -0.1) is 0 Å². The molecule has 2 aliphatic carbocycles. The number of rotatable bonds is 2. The molecule has 3 nitrogen and oxygen atoms in total. The third-order valence-corrected chi connectivity index (χ3v) is 3.73. The summed E-state index contributed by atoms with van der Waals surface area (Å²) in [5.41, 5.74) is 5.44. The van der Waals surface area contributed by atoms with Crippen molar-refractivity contribution in [2.24, 2.45) is 5.73 Å². The van der Waals surface area contributed by atoms with Crippen molar-refractivity contribution in [1.29, 1.82) is 0 Å². The number of ether oxygens (including phenoxy) is 1. The fourth-order valence-corrected chi connectivity index (χ4v) is 2.66. The summed E-state index contributed by atoms with van der Waals surface area (Å²) in [7, 11) is 0. The third kappa shape index (κ3) is 2.51. The number of esters is 1. The molecule has 15 heavy (non-hydrogen) atoms. The Morgan fingerprint density at radius 1 is 1.07 bits per heavy atom. The molecule has 0 aromatic rings. The first-order chi connectivity index (χ1) is 7.21. The molecule has 0 radical (unpaired) electrons. The van der Waals surface area contributed by atoms with E-state index in [1.165, 1.54) is 19.3 Å². The van der Waals surface area contributed by atoms with Crippen molar-refractivity contribution >= 4 is 5.97 Å². The van der Waals surface area contributed by atoms with E-state index in [0.29, 0.717) is 0 Å². The average molecular weight is 211 g/mol. The van der Waals surface area contributed by atoms with E-state index in [-0.39, 0.29) is 12.1 Å². The van der Waals surface area contributed by atoms with Crippen molar-refractivity contribution in [1.82, 2.24) is 0 Å². The van der Waals surface area contributed by atoms with Gasteiger partial charge in [-0.1, -0.05) is 19.3 Å². The summed E-state index contributed by atoms with van der Waals surface area (Å²) in [6.07, 6.45) is 9.54. The highest BCUT2D eigenvalue weighted by molar-refractivity contribution is 5.80. The van der Waals surface area contributed by atoms with Crippen LogP contribution in [0, 0.1) is 0 Å². The van der Waals surface area contributed by atoms with Crippen LogP contribution in [0.4, 0.5) is 0 Å². The van der Waals surface area contributed by atoms with Gasteiger partial charge >= 0.3 is 5.97 Å². The maximum atomic E-state index is 11.9. The number of hydrogen-bond donors (Lipinski definition) is 1. The van der Waals surface area contributed by atoms with Gasteiger partial charge in [0.15, 0.2) is 0 Å². The number of hydrogen-bond acceptors (Lipinski definition) is 3. The Balaban J connectivity index is 1.87. The second kappa shape index (κ2) is 4.52. The molecule has 0 unspecified atom stereocenters. The van der Waals surface area contributed by atoms with Gasteiger partial charge < -0.3 is 10.5 Å². The summed E-state index contributed by atoms with van der Waals surface area (Å²) >= 11 is 0. The normalized spacial score (nSPS) is 26.5. The highest BCUT2D eigenvalue weighted by Gasteiger charge is 2.38. The molecule has 0 aromatic carbocycles. The van der Waals surface area contributed by atoms with Crippen LogP contribution in [0.25, 0.3) is 0 Å². The van der Waals surface area contributed by atoms with Gasteiger partial charge in [0.1, 0.15) is 11.6 Å². The molecule has 0 atom stereocenters. The highest BCUT2D eigenvalue weighted by atomic mass is 16.5. The Bertz CT molecular complexity index is 228. The maximum absolute atomic E-state index is 11.9. The van der Waals surface area contributed by atoms with Crippen LogP contribution in [0.15, 0.2) is 0 Å². The fraction of sp³-hybridized carbons (Fsp3) is 0.917. The van der Waals surface area contributed by atoms with Crippen molar-refractivity contribution in [3.05, 3.63) is 0 Å². The third-order valence-electron chi connectivity index (χ3n) is 3.73. The van der Waals surface area contributed by atoms with Gasteiger partial charge in [-0.25, -0.2) is 0 Å². The van der Waals surface area contributed by atoms with E-state index in [1.54, 1.807) is 0 Å². The van der Waals surface area contributed by atoms with Crippen molar-refractivity contribution in [2.75, 3.05) is 0 Å². The molecule has 2 N–H and O–H groups in total. The maximum Gasteiger partial charge on any atom is 0.326 e. The van der Waals surface area contributed by atoms with Gasteiger partial charge in [-0.3, -0.25) is 4.79 Å². The van der Waals surface area contributed by atoms with E-state index in [1.807, 2.05) is 0 Å². The fourth-order valence-electron chi connectivity index (χ4n) is 2.66. The molecular formula is C12H21NO2. The van der Waals surface area contributed by atoms with E-state index >= 15 is 0 Å². The summed E-state index contributed by atoms with van der Waals surface area (Å²) in [5.74, 6) is -0.144. The molecule has 0 aromatic heterocycles. The molecule has 0 bridgehead atoms. The van der Waals surface area contributed by atoms with E-state index in [9.17, 15) is 4.79 Å². The van der Waals surface area contributed by atoms with E-state index in [0.717, 1.165) is 38.5 Å². The molecule has 2 aliphatic rings. The summed E-state index contributed by atoms with van der Waals surface area (Å²) in [6.45, 7) is 0. The molecule has 0 spiro atoms. The molecule has 0 saturated heterocycles. The first-order valence-electron chi connectivity index (χ1n) is 6.21. The van der Waals surface area contributed by atoms with Gasteiger partial charge in [-0.2, -0.15) is 0 Å². The standard InChI is InChI=1S/C12H21NO2/c13-12(8-4-1-5-9-12)11(14)15-10-6-2-3-7-10/h10H,1-9,13H2. The van der Waals surface area contributed by atoms with Crippen LogP contribution in [-0.2, 0) is 9.53 Å². The predicted molar refractivity (Wildman–Crippen MR) is 58.4 cm³/mol. The largest absolute Gasteiger partial charge is 0.461 e. The number of nitrogens with two attached hydrogens (primary N) is 1. The minimum atomic E-state index is -0.666. The summed E-state index contributed by atoms with van der Waals surface area (Å²) in [4.78, 5) is 11.9. The molecule has 0 amide bonds. The summed E-state index contributed by atoms with van der Waals surface area (Å²) < 4.78 is 5.49. The summed E-state index contributed by atoms with van der Waals surface area (Å²) in [5, 5.41) is 0. The van der Waals surface area contributed by atoms with Gasteiger partial charge in [0, 0.05) is 0 Å². The molecule has 2 saturated carbocycles. The molecule has 0 heterocycles. The van der Waals surface area contributed by atoms with Crippen molar-refractivity contribution in [2.45, 2.75) is 69.4 Å². The SMILES string of the molecule is NC1(C(=O)OC2CCCC2)CCCCC1.